The molecular formula is C10H30O2. The highest BCUT2D eigenvalue weighted by molar-refractivity contribution is 3.94. The summed E-state index contributed by atoms with van der Waals surface area (Å²) < 4.78 is 8.79. The van der Waals surface area contributed by atoms with Crippen LogP contribution in [-0.2, 0) is 9.47 Å². The first-order valence-corrected chi connectivity index (χ1v) is 4.22. The number of hydrogen-bond acceptors (Lipinski definition) is 2. The summed E-state index contributed by atoms with van der Waals surface area (Å²) in [6, 6.07) is 0. The molecule has 0 bridgehead atoms. The van der Waals surface area contributed by atoms with Crippen molar-refractivity contribution in [2.24, 2.45) is 0 Å². The topological polar surface area (TPSA) is 18.5 Å². The molecule has 82 valence electrons. The molecule has 0 rings (SSSR count). The van der Waals surface area contributed by atoms with Gasteiger partial charge in [-0.2, -0.15) is 0 Å². The normalized spacial score (nSPS) is 5.00. The molecule has 0 aromatic rings. The fourth-order valence-electron chi connectivity index (χ4n) is 0. The molecule has 0 aromatic heterocycles. The quantitative estimate of drug-likeness (QED) is 0.617. The van der Waals surface area contributed by atoms with E-state index in [9.17, 15) is 0 Å². The van der Waals surface area contributed by atoms with E-state index in [4.69, 9.17) is 0 Å². The summed E-state index contributed by atoms with van der Waals surface area (Å²) in [5.41, 5.74) is 0. The lowest BCUT2D eigenvalue weighted by Crippen LogP contribution is -1.73. The van der Waals surface area contributed by atoms with Crippen molar-refractivity contribution in [2.45, 2.75) is 42.0 Å². The van der Waals surface area contributed by atoms with Gasteiger partial charge in [0.2, 0.25) is 0 Å². The van der Waals surface area contributed by atoms with Crippen molar-refractivity contribution in [3.8, 4) is 0 Å². The monoisotopic (exact) mass is 182 g/mol. The van der Waals surface area contributed by atoms with Crippen molar-refractivity contribution in [3.63, 3.8) is 0 Å². The summed E-state index contributed by atoms with van der Waals surface area (Å²) >= 11 is 0. The summed E-state index contributed by atoms with van der Waals surface area (Å²) in [4.78, 5) is 0. The Morgan fingerprint density at radius 1 is 0.833 bits per heavy atom. The largest absolute Gasteiger partial charge is 0.388 e. The van der Waals surface area contributed by atoms with E-state index < -0.39 is 0 Å². The fourth-order valence-corrected chi connectivity index (χ4v) is 0. The SMILES string of the molecule is C.CC.CC.CCOC.COC. The molecule has 0 amide bonds. The summed E-state index contributed by atoms with van der Waals surface area (Å²) in [7, 11) is 4.93. The van der Waals surface area contributed by atoms with Crippen molar-refractivity contribution >= 4 is 0 Å². The minimum absolute atomic E-state index is 0. The van der Waals surface area contributed by atoms with Crippen LogP contribution in [0.3, 0.4) is 0 Å². The highest BCUT2D eigenvalue weighted by atomic mass is 16.5. The third kappa shape index (κ3) is 933. The predicted molar refractivity (Wildman–Crippen MR) is 59.9 cm³/mol. The molecule has 2 nitrogen and oxygen atoms in total. The van der Waals surface area contributed by atoms with Gasteiger partial charge >= 0.3 is 0 Å². The lowest BCUT2D eigenvalue weighted by atomic mass is 10.9. The van der Waals surface area contributed by atoms with Gasteiger partial charge in [0.15, 0.2) is 0 Å². The molecule has 2 heteroatoms. The Morgan fingerprint density at radius 2 is 0.917 bits per heavy atom. The van der Waals surface area contributed by atoms with Crippen LogP contribution in [0.1, 0.15) is 42.0 Å². The van der Waals surface area contributed by atoms with Crippen molar-refractivity contribution in [2.75, 3.05) is 27.9 Å². The molecule has 0 radical (unpaired) electrons. The van der Waals surface area contributed by atoms with E-state index in [0.717, 1.165) is 6.61 Å². The molecule has 0 atom stereocenters. The minimum atomic E-state index is 0. The number of ether oxygens (including phenoxy) is 2. The minimum Gasteiger partial charge on any atom is -0.388 e. The molecule has 0 saturated heterocycles. The highest BCUT2D eigenvalue weighted by Crippen LogP contribution is 1.52. The van der Waals surface area contributed by atoms with Gasteiger partial charge in [-0.3, -0.25) is 0 Å². The molecule has 0 N–H and O–H groups in total. The number of hydrogen-bond donors (Lipinski definition) is 0. The first-order valence-electron chi connectivity index (χ1n) is 4.22. The molecule has 0 fully saturated rings. The van der Waals surface area contributed by atoms with Crippen molar-refractivity contribution < 1.29 is 9.47 Å². The maximum Gasteiger partial charge on any atom is 0.0433 e. The van der Waals surface area contributed by atoms with Gasteiger partial charge in [-0.05, 0) is 6.92 Å². The van der Waals surface area contributed by atoms with E-state index in [1.165, 1.54) is 0 Å². The zero-order valence-corrected chi connectivity index (χ0v) is 9.52. The van der Waals surface area contributed by atoms with Crippen LogP contribution in [0.25, 0.3) is 0 Å². The predicted octanol–water partition coefficient (Wildman–Crippen LogP) is 3.60. The second kappa shape index (κ2) is 126. The van der Waals surface area contributed by atoms with Gasteiger partial charge in [0, 0.05) is 27.9 Å². The van der Waals surface area contributed by atoms with E-state index in [2.05, 4.69) is 9.47 Å². The van der Waals surface area contributed by atoms with Gasteiger partial charge in [-0.1, -0.05) is 35.1 Å². The number of methoxy groups -OCH3 is 2. The average Bonchev–Trinajstić information content (AvgIpc) is 2.12. The summed E-state index contributed by atoms with van der Waals surface area (Å²) in [5.74, 6) is 0. The highest BCUT2D eigenvalue weighted by Gasteiger charge is 1.51. The zero-order chi connectivity index (χ0) is 10.1. The Hall–Kier alpha value is -0.0800. The van der Waals surface area contributed by atoms with E-state index in [1.54, 1.807) is 21.3 Å². The standard InChI is InChI=1S/C3H8O.C2H6O.2C2H6.CH4/c1-3-4-2;1-3-2;2*1-2;/h3H2,1-2H3;1-2H3;2*1-2H3;1H4. The van der Waals surface area contributed by atoms with Crippen LogP contribution >= 0.6 is 0 Å². The third-order valence-corrected chi connectivity index (χ3v) is 0.289. The van der Waals surface area contributed by atoms with Crippen LogP contribution < -0.4 is 0 Å². The molecule has 0 saturated carbocycles. The van der Waals surface area contributed by atoms with E-state index >= 15 is 0 Å². The van der Waals surface area contributed by atoms with Crippen LogP contribution in [-0.4, -0.2) is 27.9 Å². The summed E-state index contributed by atoms with van der Waals surface area (Å²) in [6.07, 6.45) is 0. The van der Waals surface area contributed by atoms with E-state index in [1.807, 2.05) is 34.6 Å². The van der Waals surface area contributed by atoms with Gasteiger partial charge in [0.1, 0.15) is 0 Å². The Labute approximate surface area is 80.3 Å². The Kier molecular flexibility index (Phi) is 312. The Bertz CT molecular complexity index is 15.3. The molecule has 0 aliphatic heterocycles. The average molecular weight is 182 g/mol. The summed E-state index contributed by atoms with van der Waals surface area (Å²) in [5, 5.41) is 0. The van der Waals surface area contributed by atoms with Gasteiger partial charge < -0.3 is 9.47 Å². The molecule has 0 aliphatic carbocycles. The van der Waals surface area contributed by atoms with Crippen molar-refractivity contribution in [1.29, 1.82) is 0 Å². The van der Waals surface area contributed by atoms with Crippen LogP contribution in [0.2, 0.25) is 0 Å². The second-order valence-corrected chi connectivity index (χ2v) is 0.986. The van der Waals surface area contributed by atoms with Gasteiger partial charge in [0.25, 0.3) is 0 Å². The van der Waals surface area contributed by atoms with Crippen molar-refractivity contribution in [3.05, 3.63) is 0 Å². The molecule has 12 heavy (non-hydrogen) atoms. The van der Waals surface area contributed by atoms with E-state index in [0.29, 0.717) is 0 Å². The lowest BCUT2D eigenvalue weighted by Gasteiger charge is -1.76. The van der Waals surface area contributed by atoms with E-state index in [-0.39, 0.29) is 7.43 Å². The maximum absolute atomic E-state index is 4.54. The smallest absolute Gasteiger partial charge is 0.0433 e. The zero-order valence-electron chi connectivity index (χ0n) is 9.52. The fraction of sp³-hybridized carbons (Fsp3) is 1.00. The van der Waals surface area contributed by atoms with Crippen LogP contribution in [0.5, 0.6) is 0 Å². The molecule has 0 unspecified atom stereocenters. The van der Waals surface area contributed by atoms with Crippen LogP contribution in [0.4, 0.5) is 0 Å². The molecular weight excluding hydrogens is 152 g/mol. The first-order chi connectivity index (χ1) is 5.33. The maximum atomic E-state index is 4.54. The van der Waals surface area contributed by atoms with Crippen LogP contribution in [0, 0.1) is 0 Å². The van der Waals surface area contributed by atoms with Crippen LogP contribution in [0.15, 0.2) is 0 Å². The van der Waals surface area contributed by atoms with Gasteiger partial charge in [-0.25, -0.2) is 0 Å². The molecule has 0 aliphatic rings. The third-order valence-electron chi connectivity index (χ3n) is 0.289. The summed E-state index contributed by atoms with van der Waals surface area (Å²) in [6.45, 7) is 10.8. The lowest BCUT2D eigenvalue weighted by molar-refractivity contribution is 0.215. The Morgan fingerprint density at radius 3 is 0.917 bits per heavy atom. The van der Waals surface area contributed by atoms with Gasteiger partial charge in [-0.15, -0.1) is 0 Å². The molecule has 0 spiro atoms. The molecule has 0 aromatic carbocycles. The van der Waals surface area contributed by atoms with Crippen molar-refractivity contribution in [1.82, 2.24) is 0 Å². The first kappa shape index (κ1) is 29.7. The second-order valence-electron chi connectivity index (χ2n) is 0.986. The molecule has 0 heterocycles. The number of rotatable bonds is 1. The Balaban J connectivity index is -0.0000000186. The van der Waals surface area contributed by atoms with Gasteiger partial charge in [0.05, 0.1) is 0 Å².